The first kappa shape index (κ1) is 41.9. The van der Waals surface area contributed by atoms with E-state index in [4.69, 9.17) is 14.2 Å². The van der Waals surface area contributed by atoms with Gasteiger partial charge in [0.05, 0.1) is 38.1 Å². The number of nitrogens with zero attached hydrogens (tertiary/aromatic N) is 1. The lowest BCUT2D eigenvalue weighted by molar-refractivity contribution is -0.223. The van der Waals surface area contributed by atoms with E-state index < -0.39 is 0 Å². The third-order valence-corrected chi connectivity index (χ3v) is 14.9. The molecular formula is C48H75NO4. The Balaban J connectivity index is 1.32. The Hall–Kier alpha value is -2.21. The van der Waals surface area contributed by atoms with E-state index in [9.17, 15) is 4.79 Å². The highest BCUT2D eigenvalue weighted by atomic mass is 16.5. The van der Waals surface area contributed by atoms with E-state index >= 15 is 0 Å². The third kappa shape index (κ3) is 9.79. The lowest BCUT2D eigenvalue weighted by Crippen LogP contribution is -2.63. The smallest absolute Gasteiger partial charge is 0.222 e. The zero-order valence-electron chi connectivity index (χ0n) is 34.2. The van der Waals surface area contributed by atoms with Crippen molar-refractivity contribution in [1.82, 2.24) is 4.90 Å². The fourth-order valence-electron chi connectivity index (χ4n) is 12.1. The zero-order chi connectivity index (χ0) is 37.8. The lowest BCUT2D eigenvalue weighted by Gasteiger charge is -2.64. The molecule has 0 aliphatic heterocycles. The number of unbranched alkanes of at least 4 members (excludes halogenated alkanes) is 5. The van der Waals surface area contributed by atoms with Crippen LogP contribution in [0.3, 0.4) is 0 Å². The SMILES string of the molecule is C=CCO[C@@H]1CCC2(C)C(C1)C[C@@H](OCC=C)C1[C@@H]2C[C@H](OCC=C)C2(C)C(C(C)CCC(=O)N(CCCCCCCC)Cc3ccccc3)CC[C@@H]12. The molecule has 5 heteroatoms. The maximum absolute atomic E-state index is 14.0. The van der Waals surface area contributed by atoms with Gasteiger partial charge in [0.15, 0.2) is 0 Å². The molecule has 0 aromatic heterocycles. The molecule has 5 nitrogen and oxygen atoms in total. The second kappa shape index (κ2) is 20.1. The predicted molar refractivity (Wildman–Crippen MR) is 219 cm³/mol. The molecule has 0 bridgehead atoms. The number of carbonyl (C=O) groups is 1. The maximum atomic E-state index is 14.0. The van der Waals surface area contributed by atoms with Crippen molar-refractivity contribution in [2.45, 2.75) is 149 Å². The first-order valence-electron chi connectivity index (χ1n) is 21.7. The Kier molecular flexibility index (Phi) is 15.9. The fourth-order valence-corrected chi connectivity index (χ4v) is 12.1. The minimum absolute atomic E-state index is 0.0259. The number of hydrogen-bond acceptors (Lipinski definition) is 4. The zero-order valence-corrected chi connectivity index (χ0v) is 34.2. The molecule has 4 aliphatic carbocycles. The quantitative estimate of drug-likeness (QED) is 0.0881. The van der Waals surface area contributed by atoms with Gasteiger partial charge in [-0.05, 0) is 104 Å². The summed E-state index contributed by atoms with van der Waals surface area (Å²) in [7, 11) is 0. The first-order valence-corrected chi connectivity index (χ1v) is 21.7. The summed E-state index contributed by atoms with van der Waals surface area (Å²) in [6, 6.07) is 10.6. The van der Waals surface area contributed by atoms with E-state index in [1.807, 2.05) is 18.2 Å². The van der Waals surface area contributed by atoms with Crippen LogP contribution in [0.2, 0.25) is 0 Å². The molecule has 0 spiro atoms. The Morgan fingerprint density at radius 3 is 2.30 bits per heavy atom. The van der Waals surface area contributed by atoms with E-state index in [1.54, 1.807) is 0 Å². The Morgan fingerprint density at radius 1 is 0.868 bits per heavy atom. The molecule has 1 amide bonds. The molecule has 0 N–H and O–H groups in total. The molecule has 4 fully saturated rings. The predicted octanol–water partition coefficient (Wildman–Crippen LogP) is 11.4. The van der Waals surface area contributed by atoms with Crippen LogP contribution in [0.5, 0.6) is 0 Å². The average molecular weight is 730 g/mol. The molecule has 1 aromatic rings. The van der Waals surface area contributed by atoms with Crippen molar-refractivity contribution in [1.29, 1.82) is 0 Å². The third-order valence-electron chi connectivity index (χ3n) is 14.9. The average Bonchev–Trinajstić information content (AvgIpc) is 3.53. The summed E-state index contributed by atoms with van der Waals surface area (Å²) in [4.78, 5) is 16.2. The summed E-state index contributed by atoms with van der Waals surface area (Å²) in [5.74, 6) is 3.42. The molecule has 53 heavy (non-hydrogen) atoms. The highest BCUT2D eigenvalue weighted by molar-refractivity contribution is 5.76. The summed E-state index contributed by atoms with van der Waals surface area (Å²) in [6.45, 7) is 25.3. The van der Waals surface area contributed by atoms with E-state index in [1.165, 1.54) is 56.9 Å². The summed E-state index contributed by atoms with van der Waals surface area (Å²) >= 11 is 0. The van der Waals surface area contributed by atoms with E-state index in [0.717, 1.165) is 45.1 Å². The normalized spacial score (nSPS) is 34.0. The van der Waals surface area contributed by atoms with Crippen molar-refractivity contribution < 1.29 is 19.0 Å². The lowest BCUT2D eigenvalue weighted by atomic mass is 9.43. The Labute approximate surface area is 324 Å². The number of fused-ring (bicyclic) bond motifs is 5. The van der Waals surface area contributed by atoms with E-state index in [-0.39, 0.29) is 23.0 Å². The molecule has 4 saturated carbocycles. The molecule has 0 radical (unpaired) electrons. The van der Waals surface area contributed by atoms with Gasteiger partial charge >= 0.3 is 0 Å². The molecule has 6 unspecified atom stereocenters. The van der Waals surface area contributed by atoms with Gasteiger partial charge in [-0.2, -0.15) is 0 Å². The van der Waals surface area contributed by atoms with E-state index in [0.29, 0.717) is 80.3 Å². The molecule has 0 saturated heterocycles. The second-order valence-electron chi connectivity index (χ2n) is 17.9. The van der Waals surface area contributed by atoms with Crippen LogP contribution >= 0.6 is 0 Å². The van der Waals surface area contributed by atoms with Gasteiger partial charge in [0, 0.05) is 24.9 Å². The number of rotatable bonds is 22. The van der Waals surface area contributed by atoms with Crippen LogP contribution in [0, 0.1) is 46.3 Å². The van der Waals surface area contributed by atoms with Gasteiger partial charge < -0.3 is 19.1 Å². The molecule has 0 heterocycles. The second-order valence-corrected chi connectivity index (χ2v) is 17.9. The topological polar surface area (TPSA) is 48.0 Å². The monoisotopic (exact) mass is 730 g/mol. The molecule has 4 aliphatic rings. The van der Waals surface area contributed by atoms with Crippen LogP contribution in [0.4, 0.5) is 0 Å². The minimum Gasteiger partial charge on any atom is -0.374 e. The van der Waals surface area contributed by atoms with Crippen molar-refractivity contribution in [3.05, 3.63) is 73.9 Å². The van der Waals surface area contributed by atoms with Crippen LogP contribution in [0.15, 0.2) is 68.3 Å². The van der Waals surface area contributed by atoms with Crippen molar-refractivity contribution in [3.63, 3.8) is 0 Å². The van der Waals surface area contributed by atoms with Gasteiger partial charge in [0.25, 0.3) is 0 Å². The van der Waals surface area contributed by atoms with Crippen molar-refractivity contribution in [3.8, 4) is 0 Å². The van der Waals surface area contributed by atoms with E-state index in [2.05, 4.69) is 82.7 Å². The van der Waals surface area contributed by atoms with Gasteiger partial charge in [-0.25, -0.2) is 0 Å². The number of benzene rings is 1. The maximum Gasteiger partial charge on any atom is 0.222 e. The van der Waals surface area contributed by atoms with Gasteiger partial charge in [-0.15, -0.1) is 19.7 Å². The fraction of sp³-hybridized carbons (Fsp3) is 0.729. The van der Waals surface area contributed by atoms with Crippen LogP contribution in [0.25, 0.3) is 0 Å². The number of amides is 1. The summed E-state index contributed by atoms with van der Waals surface area (Å²) in [6.07, 6.45) is 23.4. The Morgan fingerprint density at radius 2 is 1.57 bits per heavy atom. The van der Waals surface area contributed by atoms with Gasteiger partial charge in [-0.1, -0.05) is 108 Å². The molecular weight excluding hydrogens is 655 g/mol. The van der Waals surface area contributed by atoms with Gasteiger partial charge in [0.1, 0.15) is 0 Å². The Bertz CT molecular complexity index is 1300. The van der Waals surface area contributed by atoms with Gasteiger partial charge in [0.2, 0.25) is 5.91 Å². The van der Waals surface area contributed by atoms with Crippen molar-refractivity contribution in [2.75, 3.05) is 26.4 Å². The summed E-state index contributed by atoms with van der Waals surface area (Å²) in [5, 5.41) is 0. The van der Waals surface area contributed by atoms with Crippen LogP contribution in [0.1, 0.15) is 130 Å². The first-order chi connectivity index (χ1) is 25.7. The molecule has 296 valence electrons. The standard InChI is InChI=1S/C48H75NO4/c1-8-12-13-14-15-19-28-49(35-37-20-17-16-18-21-37)45(50)25-22-36(5)40-23-24-41-46-42(34-44(48(40,41)7)53-31-11-4)47(6)27-26-39(51-29-9-2)32-38(47)33-43(46)52-30-10-3/h9-11,16-18,20-21,36,38-44,46H,2-4,8,12-15,19,22-35H2,1,5-7H3/t36?,38?,39-,40?,41+,42+,43-,44+,46?,47?,48?/m1/s1. The molecule has 5 rings (SSSR count). The molecule has 1 aromatic carbocycles. The summed E-state index contributed by atoms with van der Waals surface area (Å²) < 4.78 is 20.0. The van der Waals surface area contributed by atoms with Crippen molar-refractivity contribution in [2.24, 2.45) is 46.3 Å². The summed E-state index contributed by atoms with van der Waals surface area (Å²) in [5.41, 5.74) is 1.50. The minimum atomic E-state index is 0.0259. The highest BCUT2D eigenvalue weighted by Crippen LogP contribution is 2.69. The van der Waals surface area contributed by atoms with Crippen LogP contribution in [-0.4, -0.2) is 55.5 Å². The van der Waals surface area contributed by atoms with Gasteiger partial charge in [-0.3, -0.25) is 4.79 Å². The molecule has 11 atom stereocenters. The van der Waals surface area contributed by atoms with Crippen molar-refractivity contribution >= 4 is 5.91 Å². The number of hydrogen-bond donors (Lipinski definition) is 0. The highest BCUT2D eigenvalue weighted by Gasteiger charge is 2.66. The number of carbonyl (C=O) groups excluding carboxylic acids is 1. The number of ether oxygens (including phenoxy) is 3. The van der Waals surface area contributed by atoms with Crippen LogP contribution < -0.4 is 0 Å². The van der Waals surface area contributed by atoms with Crippen LogP contribution in [-0.2, 0) is 25.5 Å². The largest absolute Gasteiger partial charge is 0.374 e.